The Morgan fingerprint density at radius 2 is 2.04 bits per heavy atom. The monoisotopic (exact) mass is 406 g/mol. The van der Waals surface area contributed by atoms with Crippen LogP contribution in [0.15, 0.2) is 4.79 Å². The Labute approximate surface area is 167 Å². The van der Waals surface area contributed by atoms with E-state index in [9.17, 15) is 14.4 Å². The van der Waals surface area contributed by atoms with E-state index in [1.807, 2.05) is 13.8 Å². The number of aryl methyl sites for hydroxylation is 3. The molecule has 2 N–H and O–H groups in total. The minimum Gasteiger partial charge on any atom is -0.450 e. The van der Waals surface area contributed by atoms with Gasteiger partial charge in [-0.2, -0.15) is 0 Å². The molecule has 1 saturated heterocycles. The predicted molar refractivity (Wildman–Crippen MR) is 108 cm³/mol. The summed E-state index contributed by atoms with van der Waals surface area (Å²) in [6.07, 6.45) is 1.76. The quantitative estimate of drug-likeness (QED) is 0.793. The van der Waals surface area contributed by atoms with E-state index in [-0.39, 0.29) is 30.0 Å². The first kappa shape index (κ1) is 20.3. The summed E-state index contributed by atoms with van der Waals surface area (Å²) in [6.45, 7) is 7.19. The van der Waals surface area contributed by atoms with Crippen LogP contribution in [0.1, 0.15) is 42.5 Å². The van der Waals surface area contributed by atoms with Gasteiger partial charge < -0.3 is 19.9 Å². The zero-order valence-corrected chi connectivity index (χ0v) is 17.3. The Morgan fingerprint density at radius 3 is 2.71 bits per heavy atom. The number of carbonyl (C=O) groups is 2. The van der Waals surface area contributed by atoms with Crippen LogP contribution in [0.3, 0.4) is 0 Å². The first-order valence-corrected chi connectivity index (χ1v) is 10.4. The summed E-state index contributed by atoms with van der Waals surface area (Å²) in [5.74, 6) is 0.460. The van der Waals surface area contributed by atoms with Crippen LogP contribution in [0, 0.1) is 13.8 Å². The molecule has 0 spiro atoms. The number of fused-ring (bicyclic) bond motifs is 1. The summed E-state index contributed by atoms with van der Waals surface area (Å²) in [6, 6.07) is 0.0512. The lowest BCUT2D eigenvalue weighted by atomic mass is 10.1. The number of nitrogens with one attached hydrogen (secondary N) is 2. The Hall–Kier alpha value is -2.42. The maximum absolute atomic E-state index is 12.3. The molecule has 28 heavy (non-hydrogen) atoms. The highest BCUT2D eigenvalue weighted by Gasteiger charge is 2.24. The topological polar surface area (TPSA) is 104 Å². The minimum atomic E-state index is -0.295. The van der Waals surface area contributed by atoms with Gasteiger partial charge in [0.25, 0.3) is 5.56 Å². The van der Waals surface area contributed by atoms with E-state index in [2.05, 4.69) is 15.3 Å². The molecule has 0 bridgehead atoms. The molecule has 3 heterocycles. The molecular weight excluding hydrogens is 380 g/mol. The van der Waals surface area contributed by atoms with E-state index in [0.717, 1.165) is 15.3 Å². The van der Waals surface area contributed by atoms with Crippen molar-refractivity contribution >= 4 is 33.6 Å². The molecule has 0 atom stereocenters. The lowest BCUT2D eigenvalue weighted by molar-refractivity contribution is -0.122. The van der Waals surface area contributed by atoms with E-state index < -0.39 is 0 Å². The summed E-state index contributed by atoms with van der Waals surface area (Å²) < 4.78 is 5.00. The molecule has 0 radical (unpaired) electrons. The third-order valence-electron chi connectivity index (χ3n) is 5.06. The summed E-state index contributed by atoms with van der Waals surface area (Å²) in [5, 5.41) is 3.65. The van der Waals surface area contributed by atoms with Crippen molar-refractivity contribution < 1.29 is 14.3 Å². The van der Waals surface area contributed by atoms with Crippen LogP contribution in [-0.2, 0) is 16.0 Å². The van der Waals surface area contributed by atoms with Crippen LogP contribution in [-0.4, -0.2) is 52.6 Å². The average molecular weight is 407 g/mol. The molecule has 8 nitrogen and oxygen atoms in total. The van der Waals surface area contributed by atoms with Crippen molar-refractivity contribution in [1.29, 1.82) is 0 Å². The summed E-state index contributed by atoms with van der Waals surface area (Å²) >= 11 is 1.50. The number of aromatic nitrogens is 2. The van der Waals surface area contributed by atoms with E-state index in [4.69, 9.17) is 4.74 Å². The molecule has 2 aromatic heterocycles. The van der Waals surface area contributed by atoms with Gasteiger partial charge in [-0.15, -0.1) is 11.3 Å². The number of nitrogens with zero attached hydrogens (tertiary/aromatic N) is 2. The number of thiophene rings is 1. The van der Waals surface area contributed by atoms with Crippen molar-refractivity contribution in [1.82, 2.24) is 20.2 Å². The van der Waals surface area contributed by atoms with Gasteiger partial charge in [-0.3, -0.25) is 9.59 Å². The first-order chi connectivity index (χ1) is 13.4. The number of piperidine rings is 1. The molecule has 3 rings (SSSR count). The molecule has 0 unspecified atom stereocenters. The molecule has 2 aromatic rings. The van der Waals surface area contributed by atoms with E-state index >= 15 is 0 Å². The number of likely N-dealkylation sites (tertiary alicyclic amines) is 1. The Bertz CT molecular complexity index is 928. The smallest absolute Gasteiger partial charge is 0.409 e. The number of hydrogen-bond acceptors (Lipinski definition) is 6. The third-order valence-corrected chi connectivity index (χ3v) is 6.16. The predicted octanol–water partition coefficient (Wildman–Crippen LogP) is 2.27. The van der Waals surface area contributed by atoms with Crippen LogP contribution in [0.4, 0.5) is 4.79 Å². The number of rotatable bonds is 5. The van der Waals surface area contributed by atoms with Crippen LogP contribution in [0.25, 0.3) is 10.2 Å². The molecule has 2 amide bonds. The fourth-order valence-corrected chi connectivity index (χ4v) is 4.42. The van der Waals surface area contributed by atoms with E-state index in [0.29, 0.717) is 50.2 Å². The molecule has 152 valence electrons. The van der Waals surface area contributed by atoms with Crippen LogP contribution < -0.4 is 10.9 Å². The molecule has 0 aromatic carbocycles. The van der Waals surface area contributed by atoms with Crippen molar-refractivity contribution in [2.45, 2.75) is 52.5 Å². The zero-order valence-electron chi connectivity index (χ0n) is 16.5. The second-order valence-electron chi connectivity index (χ2n) is 7.00. The van der Waals surface area contributed by atoms with Gasteiger partial charge in [-0.1, -0.05) is 0 Å². The average Bonchev–Trinajstić information content (AvgIpc) is 2.95. The Morgan fingerprint density at radius 1 is 1.32 bits per heavy atom. The molecule has 1 fully saturated rings. The van der Waals surface area contributed by atoms with Crippen LogP contribution in [0.2, 0.25) is 0 Å². The third kappa shape index (κ3) is 4.52. The molecular formula is C19H26N4O4S. The minimum absolute atomic E-state index is 0.0512. The molecule has 9 heteroatoms. The number of hydrogen-bond donors (Lipinski definition) is 2. The largest absolute Gasteiger partial charge is 0.450 e. The van der Waals surface area contributed by atoms with Crippen molar-refractivity contribution in [2.24, 2.45) is 0 Å². The van der Waals surface area contributed by atoms with Gasteiger partial charge in [0.15, 0.2) is 0 Å². The van der Waals surface area contributed by atoms with Gasteiger partial charge in [-0.25, -0.2) is 9.78 Å². The maximum Gasteiger partial charge on any atom is 0.409 e. The SMILES string of the molecule is CCOC(=O)N1CCC(NC(=O)CCc2nc3sc(C)c(C)c3c(=O)[nH]2)CC1. The summed E-state index contributed by atoms with van der Waals surface area (Å²) in [7, 11) is 0. The van der Waals surface area contributed by atoms with Gasteiger partial charge >= 0.3 is 6.09 Å². The fourth-order valence-electron chi connectivity index (χ4n) is 3.37. The lowest BCUT2D eigenvalue weighted by Crippen LogP contribution is -2.46. The molecule has 0 saturated carbocycles. The number of ether oxygens (including phenoxy) is 1. The van der Waals surface area contributed by atoms with Crippen molar-refractivity contribution in [3.63, 3.8) is 0 Å². The molecule has 0 aliphatic carbocycles. The second kappa shape index (κ2) is 8.72. The summed E-state index contributed by atoms with van der Waals surface area (Å²) in [5.41, 5.74) is 0.820. The normalized spacial score (nSPS) is 15.0. The summed E-state index contributed by atoms with van der Waals surface area (Å²) in [4.78, 5) is 47.1. The second-order valence-corrected chi connectivity index (χ2v) is 8.21. The van der Waals surface area contributed by atoms with Crippen molar-refractivity contribution in [3.8, 4) is 0 Å². The Kier molecular flexibility index (Phi) is 6.33. The fraction of sp³-hybridized carbons (Fsp3) is 0.579. The maximum atomic E-state index is 12.3. The highest BCUT2D eigenvalue weighted by Crippen LogP contribution is 2.25. The zero-order chi connectivity index (χ0) is 20.3. The van der Waals surface area contributed by atoms with Crippen molar-refractivity contribution in [2.75, 3.05) is 19.7 Å². The number of H-pyrrole nitrogens is 1. The Balaban J connectivity index is 1.51. The van der Waals surface area contributed by atoms with Crippen LogP contribution in [0.5, 0.6) is 0 Å². The van der Waals surface area contributed by atoms with Crippen LogP contribution >= 0.6 is 11.3 Å². The van der Waals surface area contributed by atoms with Gasteiger partial charge in [-0.05, 0) is 39.2 Å². The highest BCUT2D eigenvalue weighted by molar-refractivity contribution is 7.18. The number of amides is 2. The molecule has 1 aliphatic heterocycles. The van der Waals surface area contributed by atoms with Gasteiger partial charge in [0.1, 0.15) is 10.7 Å². The van der Waals surface area contributed by atoms with E-state index in [1.54, 1.807) is 11.8 Å². The van der Waals surface area contributed by atoms with Gasteiger partial charge in [0.2, 0.25) is 5.91 Å². The molecule has 1 aliphatic rings. The van der Waals surface area contributed by atoms with Gasteiger partial charge in [0, 0.05) is 36.9 Å². The number of carbonyl (C=O) groups excluding carboxylic acids is 2. The number of aromatic amines is 1. The standard InChI is InChI=1S/C19H26N4O4S/c1-4-27-19(26)23-9-7-13(8-10-23)20-15(24)6-5-14-21-17(25)16-11(2)12(3)28-18(16)22-14/h13H,4-10H2,1-3H3,(H,20,24)(H,21,22,25). The lowest BCUT2D eigenvalue weighted by Gasteiger charge is -2.31. The highest BCUT2D eigenvalue weighted by atomic mass is 32.1. The first-order valence-electron chi connectivity index (χ1n) is 9.59. The van der Waals surface area contributed by atoms with Crippen molar-refractivity contribution in [3.05, 3.63) is 26.6 Å². The van der Waals surface area contributed by atoms with Gasteiger partial charge in [0.05, 0.1) is 12.0 Å². The van der Waals surface area contributed by atoms with E-state index in [1.165, 1.54) is 11.3 Å².